The smallest absolute Gasteiger partial charge is 0.0974 e. The van der Waals surface area contributed by atoms with Gasteiger partial charge < -0.3 is 5.11 Å². The first-order valence-corrected chi connectivity index (χ1v) is 8.44. The van der Waals surface area contributed by atoms with E-state index in [2.05, 4.69) is 40.2 Å². The number of thioether (sulfide) groups is 1. The van der Waals surface area contributed by atoms with Crippen molar-refractivity contribution in [3.8, 4) is 0 Å². The number of benzene rings is 1. The van der Waals surface area contributed by atoms with Crippen molar-refractivity contribution in [3.05, 3.63) is 30.3 Å². The molecule has 1 N–H and O–H groups in total. The SMILES string of the molecule is OC1(C2(Br)CC2Sc2ccccc2)CCCC1Cl. The van der Waals surface area contributed by atoms with Crippen LogP contribution in [0.15, 0.2) is 35.2 Å². The summed E-state index contributed by atoms with van der Waals surface area (Å²) in [6, 6.07) is 10.4. The molecule has 1 aromatic carbocycles. The summed E-state index contributed by atoms with van der Waals surface area (Å²) in [6.07, 6.45) is 3.76. The zero-order valence-corrected chi connectivity index (χ0v) is 13.1. The van der Waals surface area contributed by atoms with Crippen LogP contribution in [0.25, 0.3) is 0 Å². The van der Waals surface area contributed by atoms with Crippen LogP contribution in [0.4, 0.5) is 0 Å². The van der Waals surface area contributed by atoms with E-state index >= 15 is 0 Å². The van der Waals surface area contributed by atoms with E-state index in [1.54, 1.807) is 0 Å². The van der Waals surface area contributed by atoms with Crippen molar-refractivity contribution < 1.29 is 5.11 Å². The van der Waals surface area contributed by atoms with Crippen LogP contribution >= 0.6 is 39.3 Å². The molecule has 1 aromatic rings. The van der Waals surface area contributed by atoms with E-state index in [1.807, 2.05) is 17.8 Å². The van der Waals surface area contributed by atoms with Crippen LogP contribution in [0.2, 0.25) is 0 Å². The number of aliphatic hydroxyl groups is 1. The summed E-state index contributed by atoms with van der Waals surface area (Å²) in [5, 5.41) is 11.1. The van der Waals surface area contributed by atoms with Crippen molar-refractivity contribution in [2.75, 3.05) is 0 Å². The fourth-order valence-electron chi connectivity index (χ4n) is 2.88. The van der Waals surface area contributed by atoms with Gasteiger partial charge in [0.05, 0.1) is 15.3 Å². The second-order valence-electron chi connectivity index (χ2n) is 5.27. The highest BCUT2D eigenvalue weighted by atomic mass is 79.9. The number of alkyl halides is 2. The average molecular weight is 348 g/mol. The molecule has 2 aliphatic carbocycles. The van der Waals surface area contributed by atoms with E-state index in [0.29, 0.717) is 5.25 Å². The lowest BCUT2D eigenvalue weighted by atomic mass is 9.95. The first-order valence-electron chi connectivity index (χ1n) is 6.33. The van der Waals surface area contributed by atoms with Gasteiger partial charge in [0.2, 0.25) is 0 Å². The van der Waals surface area contributed by atoms with E-state index in [-0.39, 0.29) is 9.70 Å². The summed E-state index contributed by atoms with van der Waals surface area (Å²) in [5.41, 5.74) is -0.735. The summed E-state index contributed by atoms with van der Waals surface area (Å²) in [6.45, 7) is 0. The Morgan fingerprint density at radius 1 is 1.33 bits per heavy atom. The zero-order chi connectivity index (χ0) is 12.8. The van der Waals surface area contributed by atoms with E-state index < -0.39 is 5.60 Å². The van der Waals surface area contributed by atoms with Crippen molar-refractivity contribution in [2.24, 2.45) is 0 Å². The molecule has 0 radical (unpaired) electrons. The standard InChI is InChI=1S/C14H16BrClOS/c15-13(14(17)8-4-7-11(14)16)9-12(13)18-10-5-2-1-3-6-10/h1-3,5-6,11-12,17H,4,7-9H2. The lowest BCUT2D eigenvalue weighted by molar-refractivity contribution is 0.0437. The Morgan fingerprint density at radius 2 is 2.06 bits per heavy atom. The summed E-state index contributed by atoms with van der Waals surface area (Å²) < 4.78 is -0.191. The third-order valence-electron chi connectivity index (χ3n) is 4.11. The predicted octanol–water partition coefficient (Wildman–Crippen LogP) is 4.21. The monoisotopic (exact) mass is 346 g/mol. The molecular formula is C14H16BrClOS. The quantitative estimate of drug-likeness (QED) is 0.827. The van der Waals surface area contributed by atoms with Gasteiger partial charge in [0.25, 0.3) is 0 Å². The molecule has 1 nitrogen and oxygen atoms in total. The van der Waals surface area contributed by atoms with E-state index in [0.717, 1.165) is 25.7 Å². The summed E-state index contributed by atoms with van der Waals surface area (Å²) >= 11 is 11.9. The second-order valence-corrected chi connectivity index (χ2v) is 8.49. The Kier molecular flexibility index (Phi) is 3.46. The van der Waals surface area contributed by atoms with Gasteiger partial charge in [0.1, 0.15) is 0 Å². The maximum absolute atomic E-state index is 10.8. The van der Waals surface area contributed by atoms with E-state index in [9.17, 15) is 5.11 Å². The Labute approximate surface area is 125 Å². The molecule has 4 heteroatoms. The first kappa shape index (κ1) is 13.3. The number of hydrogen-bond donors (Lipinski definition) is 1. The van der Waals surface area contributed by atoms with Crippen molar-refractivity contribution in [3.63, 3.8) is 0 Å². The van der Waals surface area contributed by atoms with Gasteiger partial charge >= 0.3 is 0 Å². The molecule has 4 atom stereocenters. The molecule has 0 saturated heterocycles. The maximum Gasteiger partial charge on any atom is 0.0974 e. The van der Waals surface area contributed by atoms with Crippen LogP contribution in [-0.2, 0) is 0 Å². The van der Waals surface area contributed by atoms with Gasteiger partial charge in [0.15, 0.2) is 0 Å². The Morgan fingerprint density at radius 3 is 2.67 bits per heavy atom. The molecule has 0 bridgehead atoms. The molecule has 0 heterocycles. The van der Waals surface area contributed by atoms with Gasteiger partial charge in [-0.25, -0.2) is 0 Å². The molecule has 0 aliphatic heterocycles. The van der Waals surface area contributed by atoms with Crippen molar-refractivity contribution in [1.82, 2.24) is 0 Å². The minimum atomic E-state index is -0.735. The summed E-state index contributed by atoms with van der Waals surface area (Å²) in [4.78, 5) is 1.26. The minimum absolute atomic E-state index is 0.113. The Balaban J connectivity index is 1.72. The lowest BCUT2D eigenvalue weighted by Gasteiger charge is -2.32. The molecule has 18 heavy (non-hydrogen) atoms. The van der Waals surface area contributed by atoms with Crippen LogP contribution in [-0.4, -0.2) is 25.7 Å². The topological polar surface area (TPSA) is 20.2 Å². The largest absolute Gasteiger partial charge is 0.387 e. The van der Waals surface area contributed by atoms with Crippen molar-refractivity contribution in [1.29, 1.82) is 0 Å². The molecule has 4 unspecified atom stereocenters. The minimum Gasteiger partial charge on any atom is -0.387 e. The second kappa shape index (κ2) is 4.69. The highest BCUT2D eigenvalue weighted by molar-refractivity contribution is 9.10. The summed E-state index contributed by atoms with van der Waals surface area (Å²) in [7, 11) is 0. The molecular weight excluding hydrogens is 332 g/mol. The Hall–Kier alpha value is 0.300. The molecule has 2 saturated carbocycles. The molecule has 0 amide bonds. The van der Waals surface area contributed by atoms with Gasteiger partial charge in [0, 0.05) is 10.1 Å². The van der Waals surface area contributed by atoms with Crippen LogP contribution in [0.1, 0.15) is 25.7 Å². The zero-order valence-electron chi connectivity index (χ0n) is 9.98. The number of hydrogen-bond acceptors (Lipinski definition) is 2. The van der Waals surface area contributed by atoms with E-state index in [1.165, 1.54) is 4.90 Å². The molecule has 98 valence electrons. The van der Waals surface area contributed by atoms with Gasteiger partial charge in [-0.05, 0) is 37.8 Å². The maximum atomic E-state index is 10.8. The van der Waals surface area contributed by atoms with Crippen LogP contribution in [0.5, 0.6) is 0 Å². The van der Waals surface area contributed by atoms with Crippen molar-refractivity contribution in [2.45, 2.75) is 51.1 Å². The normalized spacial score (nSPS) is 43.1. The fraction of sp³-hybridized carbons (Fsp3) is 0.571. The number of halogens is 2. The van der Waals surface area contributed by atoms with Crippen LogP contribution < -0.4 is 0 Å². The van der Waals surface area contributed by atoms with Crippen molar-refractivity contribution >= 4 is 39.3 Å². The third-order valence-corrected chi connectivity index (χ3v) is 7.95. The van der Waals surface area contributed by atoms with E-state index in [4.69, 9.17) is 11.6 Å². The first-order chi connectivity index (χ1) is 8.56. The van der Waals surface area contributed by atoms with Gasteiger partial charge in [-0.1, -0.05) is 34.1 Å². The molecule has 2 aliphatic rings. The van der Waals surface area contributed by atoms with Crippen LogP contribution in [0.3, 0.4) is 0 Å². The Bertz CT molecular complexity index is 443. The molecule has 3 rings (SSSR count). The van der Waals surface area contributed by atoms with Crippen LogP contribution in [0, 0.1) is 0 Å². The third kappa shape index (κ3) is 2.04. The fourth-order valence-corrected chi connectivity index (χ4v) is 6.14. The lowest BCUT2D eigenvalue weighted by Crippen LogP contribution is -2.46. The highest BCUT2D eigenvalue weighted by Crippen LogP contribution is 2.64. The predicted molar refractivity (Wildman–Crippen MR) is 80.8 cm³/mol. The molecule has 0 spiro atoms. The summed E-state index contributed by atoms with van der Waals surface area (Å²) in [5.74, 6) is 0. The van der Waals surface area contributed by atoms with Gasteiger partial charge in [-0.2, -0.15) is 0 Å². The highest BCUT2D eigenvalue weighted by Gasteiger charge is 2.68. The number of rotatable bonds is 3. The van der Waals surface area contributed by atoms with Gasteiger partial charge in [-0.3, -0.25) is 0 Å². The van der Waals surface area contributed by atoms with Gasteiger partial charge in [-0.15, -0.1) is 23.4 Å². The average Bonchev–Trinajstić information content (AvgIpc) is 2.89. The molecule has 2 fully saturated rings. The molecule has 0 aromatic heterocycles.